The minimum Gasteiger partial charge on any atom is -0.465 e. The molecule has 4 aromatic rings. The van der Waals surface area contributed by atoms with E-state index in [0.29, 0.717) is 23.8 Å². The minimum absolute atomic E-state index is 0.328. The van der Waals surface area contributed by atoms with Crippen molar-refractivity contribution in [1.82, 2.24) is 30.5 Å². The number of pyridine rings is 1. The molecular formula is C19H20N6O2. The Balaban J connectivity index is 1.74. The number of carbonyl (C=O) groups is 1. The van der Waals surface area contributed by atoms with Gasteiger partial charge in [0.1, 0.15) is 5.82 Å². The van der Waals surface area contributed by atoms with Crippen molar-refractivity contribution in [2.45, 2.75) is 26.3 Å². The third kappa shape index (κ3) is 3.33. The van der Waals surface area contributed by atoms with Gasteiger partial charge in [0.15, 0.2) is 5.65 Å². The quantitative estimate of drug-likeness (QED) is 0.429. The molecule has 27 heavy (non-hydrogen) atoms. The molecule has 1 amide bonds. The fraction of sp³-hybridized carbons (Fsp3) is 0.263. The van der Waals surface area contributed by atoms with Crippen LogP contribution in [-0.4, -0.2) is 36.3 Å². The maximum Gasteiger partial charge on any atom is 0.405 e. The van der Waals surface area contributed by atoms with Gasteiger partial charge in [0, 0.05) is 17.1 Å². The van der Waals surface area contributed by atoms with E-state index >= 15 is 0 Å². The summed E-state index contributed by atoms with van der Waals surface area (Å²) >= 11 is 0. The zero-order valence-electron chi connectivity index (χ0n) is 15.0. The van der Waals surface area contributed by atoms with Gasteiger partial charge < -0.3 is 15.4 Å². The van der Waals surface area contributed by atoms with Crippen LogP contribution in [0.1, 0.15) is 32.1 Å². The Kier molecular flexibility index (Phi) is 4.23. The Hall–Kier alpha value is -3.42. The molecule has 0 radical (unpaired) electrons. The van der Waals surface area contributed by atoms with Crippen LogP contribution in [0.3, 0.4) is 0 Å². The van der Waals surface area contributed by atoms with Crippen molar-refractivity contribution in [2.75, 3.05) is 0 Å². The first kappa shape index (κ1) is 17.0. The molecule has 0 saturated carbocycles. The van der Waals surface area contributed by atoms with Gasteiger partial charge in [-0.3, -0.25) is 5.10 Å². The number of hydrogen-bond donors (Lipinski definition) is 4. The molecule has 0 aliphatic carbocycles. The highest BCUT2D eigenvalue weighted by molar-refractivity contribution is 5.93. The first-order valence-corrected chi connectivity index (χ1v) is 8.80. The van der Waals surface area contributed by atoms with Crippen LogP contribution >= 0.6 is 0 Å². The lowest BCUT2D eigenvalue weighted by Crippen LogP contribution is -2.28. The first-order valence-electron chi connectivity index (χ1n) is 8.80. The highest BCUT2D eigenvalue weighted by Crippen LogP contribution is 2.28. The maximum atomic E-state index is 11.1. The van der Waals surface area contributed by atoms with Crippen molar-refractivity contribution >= 4 is 28.2 Å². The summed E-state index contributed by atoms with van der Waals surface area (Å²) in [6, 6.07) is 9.34. The highest BCUT2D eigenvalue weighted by atomic mass is 16.4. The number of aromatic amines is 2. The number of aromatic nitrogens is 5. The normalized spacial score (nSPS) is 12.7. The first-order chi connectivity index (χ1) is 13.0. The van der Waals surface area contributed by atoms with Gasteiger partial charge in [-0.2, -0.15) is 5.10 Å². The van der Waals surface area contributed by atoms with Gasteiger partial charge in [0.2, 0.25) is 0 Å². The molecule has 0 spiro atoms. The summed E-state index contributed by atoms with van der Waals surface area (Å²) in [7, 11) is 0. The monoisotopic (exact) mass is 364 g/mol. The van der Waals surface area contributed by atoms with Gasteiger partial charge in [-0.15, -0.1) is 0 Å². The van der Waals surface area contributed by atoms with E-state index in [1.165, 1.54) is 0 Å². The second-order valence-corrected chi connectivity index (χ2v) is 6.96. The van der Waals surface area contributed by atoms with Crippen LogP contribution < -0.4 is 5.32 Å². The van der Waals surface area contributed by atoms with Crippen LogP contribution in [0.4, 0.5) is 4.79 Å². The molecule has 0 saturated heterocycles. The van der Waals surface area contributed by atoms with Crippen LogP contribution in [0.15, 0.2) is 36.5 Å². The van der Waals surface area contributed by atoms with E-state index in [1.807, 2.05) is 30.3 Å². The lowest BCUT2D eigenvalue weighted by atomic mass is 10.0. The molecule has 1 unspecified atom stereocenters. The number of fused-ring (bicyclic) bond motifs is 2. The third-order valence-corrected chi connectivity index (χ3v) is 4.45. The Morgan fingerprint density at radius 1 is 1.30 bits per heavy atom. The molecule has 1 atom stereocenters. The SMILES string of the molecule is CC(C)CC(NC(=O)O)c1nc2ccc(-c3[nH]nc4ncccc34)cc2[nH]1. The second kappa shape index (κ2) is 6.71. The summed E-state index contributed by atoms with van der Waals surface area (Å²) in [5.74, 6) is 0.948. The lowest BCUT2D eigenvalue weighted by Gasteiger charge is -2.16. The highest BCUT2D eigenvalue weighted by Gasteiger charge is 2.20. The van der Waals surface area contributed by atoms with E-state index < -0.39 is 6.09 Å². The van der Waals surface area contributed by atoms with Gasteiger partial charge in [-0.1, -0.05) is 19.9 Å². The average molecular weight is 364 g/mol. The van der Waals surface area contributed by atoms with Crippen LogP contribution in [-0.2, 0) is 0 Å². The number of carboxylic acid groups (broad SMARTS) is 1. The van der Waals surface area contributed by atoms with E-state index in [9.17, 15) is 4.79 Å². The predicted octanol–water partition coefficient (Wildman–Crippen LogP) is 3.86. The Bertz CT molecular complexity index is 1110. The summed E-state index contributed by atoms with van der Waals surface area (Å²) < 4.78 is 0. The molecule has 8 heteroatoms. The van der Waals surface area contributed by atoms with Gasteiger partial charge in [0.25, 0.3) is 0 Å². The van der Waals surface area contributed by atoms with E-state index in [0.717, 1.165) is 27.7 Å². The van der Waals surface area contributed by atoms with Gasteiger partial charge in [-0.25, -0.2) is 14.8 Å². The minimum atomic E-state index is -1.06. The van der Waals surface area contributed by atoms with Crippen molar-refractivity contribution in [2.24, 2.45) is 5.92 Å². The van der Waals surface area contributed by atoms with Crippen LogP contribution in [0.2, 0.25) is 0 Å². The summed E-state index contributed by atoms with van der Waals surface area (Å²) in [6.45, 7) is 4.10. The molecule has 3 heterocycles. The molecule has 0 aliphatic rings. The van der Waals surface area contributed by atoms with Crippen molar-refractivity contribution in [3.8, 4) is 11.3 Å². The smallest absolute Gasteiger partial charge is 0.405 e. The molecule has 0 aliphatic heterocycles. The molecular weight excluding hydrogens is 344 g/mol. The topological polar surface area (TPSA) is 120 Å². The van der Waals surface area contributed by atoms with Crippen molar-refractivity contribution in [1.29, 1.82) is 0 Å². The number of nitrogens with one attached hydrogen (secondary N) is 3. The molecule has 0 bridgehead atoms. The number of amides is 1. The van der Waals surface area contributed by atoms with Crippen molar-refractivity contribution in [3.63, 3.8) is 0 Å². The maximum absolute atomic E-state index is 11.1. The summed E-state index contributed by atoms with van der Waals surface area (Å²) in [5, 5.41) is 19.9. The Morgan fingerprint density at radius 3 is 2.93 bits per heavy atom. The van der Waals surface area contributed by atoms with Crippen molar-refractivity contribution in [3.05, 3.63) is 42.4 Å². The summed E-state index contributed by atoms with van der Waals surface area (Å²) in [5.41, 5.74) is 4.14. The average Bonchev–Trinajstić information content (AvgIpc) is 3.23. The van der Waals surface area contributed by atoms with E-state index in [1.54, 1.807) is 6.20 Å². The molecule has 4 N–H and O–H groups in total. The van der Waals surface area contributed by atoms with Crippen LogP contribution in [0.5, 0.6) is 0 Å². The summed E-state index contributed by atoms with van der Waals surface area (Å²) in [6.07, 6.45) is 1.32. The van der Waals surface area contributed by atoms with E-state index in [2.05, 4.69) is 44.3 Å². The number of hydrogen-bond acceptors (Lipinski definition) is 4. The largest absolute Gasteiger partial charge is 0.465 e. The second-order valence-electron chi connectivity index (χ2n) is 6.96. The zero-order chi connectivity index (χ0) is 19.0. The van der Waals surface area contributed by atoms with Gasteiger partial charge in [-0.05, 0) is 36.6 Å². The standard InChI is InChI=1S/C19H20N6O2/c1-10(2)8-15(23-19(26)27)18-21-13-6-5-11(9-14(13)22-18)16-12-4-3-7-20-17(12)25-24-16/h3-7,9-10,15,23H,8H2,1-2H3,(H,21,22)(H,26,27)(H,20,24,25). The molecule has 138 valence electrons. The molecule has 8 nitrogen and oxygen atoms in total. The fourth-order valence-corrected chi connectivity index (χ4v) is 3.28. The number of nitrogens with zero attached hydrogens (tertiary/aromatic N) is 3. The predicted molar refractivity (Wildman–Crippen MR) is 102 cm³/mol. The third-order valence-electron chi connectivity index (χ3n) is 4.45. The lowest BCUT2D eigenvalue weighted by molar-refractivity contribution is 0.187. The number of H-pyrrole nitrogens is 2. The summed E-state index contributed by atoms with van der Waals surface area (Å²) in [4.78, 5) is 23.2. The van der Waals surface area contributed by atoms with Crippen LogP contribution in [0.25, 0.3) is 33.3 Å². The number of rotatable bonds is 5. The Labute approximate surface area is 155 Å². The molecule has 1 aromatic carbocycles. The van der Waals surface area contributed by atoms with E-state index in [4.69, 9.17) is 5.11 Å². The number of benzene rings is 1. The van der Waals surface area contributed by atoms with Gasteiger partial charge in [0.05, 0.1) is 22.8 Å². The van der Waals surface area contributed by atoms with Crippen molar-refractivity contribution < 1.29 is 9.90 Å². The molecule has 4 rings (SSSR count). The van der Waals surface area contributed by atoms with Gasteiger partial charge >= 0.3 is 6.09 Å². The zero-order valence-corrected chi connectivity index (χ0v) is 15.0. The van der Waals surface area contributed by atoms with E-state index in [-0.39, 0.29) is 6.04 Å². The molecule has 0 fully saturated rings. The fourth-order valence-electron chi connectivity index (χ4n) is 3.28. The molecule has 3 aromatic heterocycles. The Morgan fingerprint density at radius 2 is 2.15 bits per heavy atom. The van der Waals surface area contributed by atoms with Crippen LogP contribution in [0, 0.1) is 5.92 Å². The number of imidazole rings is 1.